The summed E-state index contributed by atoms with van der Waals surface area (Å²) in [5.74, 6) is 0.720. The molecular weight excluding hydrogens is 218 g/mol. The van der Waals surface area contributed by atoms with E-state index in [-0.39, 0.29) is 12.4 Å². The first kappa shape index (κ1) is 13.1. The van der Waals surface area contributed by atoms with Crippen LogP contribution in [0, 0.1) is 0 Å². The van der Waals surface area contributed by atoms with Gasteiger partial charge in [-0.1, -0.05) is 0 Å². The maximum absolute atomic E-state index is 11.4. The van der Waals surface area contributed by atoms with Gasteiger partial charge in [0.2, 0.25) is 0 Å². The molecule has 2 unspecified atom stereocenters. The van der Waals surface area contributed by atoms with Gasteiger partial charge in [-0.05, 0) is 0 Å². The molecule has 1 aliphatic heterocycles. The zero-order chi connectivity index (χ0) is 11.1. The Bertz CT molecular complexity index is 197. The predicted molar refractivity (Wildman–Crippen MR) is 58.2 cm³/mol. The lowest BCUT2D eigenvalue weighted by atomic mass is 10.4. The van der Waals surface area contributed by atoms with E-state index in [0.717, 1.165) is 32.8 Å². The number of morpholine rings is 1. The predicted octanol–water partition coefficient (Wildman–Crippen LogP) is -1.58. The van der Waals surface area contributed by atoms with Crippen molar-refractivity contribution < 1.29 is 19.2 Å². The van der Waals surface area contributed by atoms with Crippen LogP contribution < -0.4 is 0 Å². The van der Waals surface area contributed by atoms with Gasteiger partial charge in [-0.15, -0.1) is 0 Å². The van der Waals surface area contributed by atoms with Gasteiger partial charge in [0.05, 0.1) is 31.7 Å². The Hall–Kier alpha value is -0.0100. The van der Waals surface area contributed by atoms with Crippen molar-refractivity contribution in [3.8, 4) is 0 Å². The molecule has 0 amide bonds. The van der Waals surface area contributed by atoms with Gasteiger partial charge in [0.15, 0.2) is 0 Å². The number of nitrogens with zero attached hydrogens (tertiary/aromatic N) is 1. The van der Waals surface area contributed by atoms with Crippen LogP contribution in [0.2, 0.25) is 0 Å². The van der Waals surface area contributed by atoms with Gasteiger partial charge < -0.3 is 14.9 Å². The summed E-state index contributed by atoms with van der Waals surface area (Å²) >= 11 is 0. The van der Waals surface area contributed by atoms with Crippen molar-refractivity contribution in [2.24, 2.45) is 0 Å². The second-order valence-corrected chi connectivity index (χ2v) is 5.22. The molecule has 1 rings (SSSR count). The topological polar surface area (TPSA) is 70.0 Å². The lowest BCUT2D eigenvalue weighted by Gasteiger charge is -2.26. The van der Waals surface area contributed by atoms with Crippen molar-refractivity contribution in [1.82, 2.24) is 4.90 Å². The standard InChI is InChI=1S/C9H19NO4S/c11-7-9(12)8-15(13)6-3-10-1-4-14-5-2-10/h9,11-12H,1-8H2. The van der Waals surface area contributed by atoms with Crippen molar-refractivity contribution in [1.29, 1.82) is 0 Å². The van der Waals surface area contributed by atoms with Gasteiger partial charge in [0, 0.05) is 36.2 Å². The molecule has 0 aromatic rings. The Balaban J connectivity index is 2.10. The lowest BCUT2D eigenvalue weighted by Crippen LogP contribution is -2.39. The van der Waals surface area contributed by atoms with E-state index in [4.69, 9.17) is 14.9 Å². The van der Waals surface area contributed by atoms with Gasteiger partial charge in [-0.2, -0.15) is 0 Å². The monoisotopic (exact) mass is 237 g/mol. The molecule has 0 radical (unpaired) electrons. The van der Waals surface area contributed by atoms with E-state index in [1.54, 1.807) is 0 Å². The summed E-state index contributed by atoms with van der Waals surface area (Å²) in [4.78, 5) is 2.20. The largest absolute Gasteiger partial charge is 0.394 e. The van der Waals surface area contributed by atoms with Gasteiger partial charge in [-0.25, -0.2) is 0 Å². The minimum Gasteiger partial charge on any atom is -0.394 e. The van der Waals surface area contributed by atoms with Crippen LogP contribution in [0.3, 0.4) is 0 Å². The van der Waals surface area contributed by atoms with Crippen molar-refractivity contribution in [2.45, 2.75) is 6.10 Å². The van der Waals surface area contributed by atoms with Crippen molar-refractivity contribution in [3.63, 3.8) is 0 Å². The Morgan fingerprint density at radius 2 is 2.07 bits per heavy atom. The number of aliphatic hydroxyl groups is 2. The molecule has 90 valence electrons. The molecule has 6 heteroatoms. The third kappa shape index (κ3) is 5.58. The molecule has 1 fully saturated rings. The summed E-state index contributed by atoms with van der Waals surface area (Å²) in [6.07, 6.45) is -0.851. The molecule has 1 aliphatic rings. The van der Waals surface area contributed by atoms with Crippen molar-refractivity contribution in [2.75, 3.05) is 51.0 Å². The highest BCUT2D eigenvalue weighted by Crippen LogP contribution is 1.97. The molecule has 0 saturated carbocycles. The molecule has 1 saturated heterocycles. The van der Waals surface area contributed by atoms with Crippen LogP contribution in [0.15, 0.2) is 0 Å². The van der Waals surface area contributed by atoms with Crippen LogP contribution >= 0.6 is 0 Å². The average Bonchev–Trinajstić information content (AvgIpc) is 2.27. The van der Waals surface area contributed by atoms with Crippen LogP contribution in [0.1, 0.15) is 0 Å². The van der Waals surface area contributed by atoms with Gasteiger partial charge >= 0.3 is 0 Å². The highest BCUT2D eigenvalue weighted by molar-refractivity contribution is 7.85. The smallest absolute Gasteiger partial charge is 0.0885 e. The van der Waals surface area contributed by atoms with Crippen LogP contribution in [0.5, 0.6) is 0 Å². The highest BCUT2D eigenvalue weighted by atomic mass is 32.2. The first-order valence-corrected chi connectivity index (χ1v) is 6.65. The van der Waals surface area contributed by atoms with Crippen molar-refractivity contribution in [3.05, 3.63) is 0 Å². The molecule has 2 atom stereocenters. The lowest BCUT2D eigenvalue weighted by molar-refractivity contribution is 0.0408. The Kier molecular flexibility index (Phi) is 6.35. The van der Waals surface area contributed by atoms with Crippen LogP contribution in [-0.2, 0) is 15.5 Å². The molecule has 15 heavy (non-hydrogen) atoms. The third-order valence-corrected chi connectivity index (χ3v) is 3.72. The van der Waals surface area contributed by atoms with E-state index >= 15 is 0 Å². The quantitative estimate of drug-likeness (QED) is 0.583. The summed E-state index contributed by atoms with van der Waals surface area (Å²) in [5.41, 5.74) is 0. The van der Waals surface area contributed by atoms with Gasteiger partial charge in [-0.3, -0.25) is 9.11 Å². The fourth-order valence-corrected chi connectivity index (χ4v) is 2.57. The number of hydrogen-bond acceptors (Lipinski definition) is 5. The van der Waals surface area contributed by atoms with E-state index < -0.39 is 16.9 Å². The molecule has 0 aliphatic carbocycles. The summed E-state index contributed by atoms with van der Waals surface area (Å²) in [7, 11) is -1.04. The molecule has 0 bridgehead atoms. The molecular formula is C9H19NO4S. The molecule has 2 N–H and O–H groups in total. The summed E-state index contributed by atoms with van der Waals surface area (Å²) in [5, 5.41) is 17.7. The second kappa shape index (κ2) is 7.29. The zero-order valence-electron chi connectivity index (χ0n) is 8.80. The fraction of sp³-hybridized carbons (Fsp3) is 1.00. The first-order valence-electron chi connectivity index (χ1n) is 5.16. The Morgan fingerprint density at radius 1 is 1.40 bits per heavy atom. The maximum Gasteiger partial charge on any atom is 0.0885 e. The molecule has 1 heterocycles. The van der Waals surface area contributed by atoms with Gasteiger partial charge in [0.1, 0.15) is 0 Å². The summed E-state index contributed by atoms with van der Waals surface area (Å²) < 4.78 is 16.6. The van der Waals surface area contributed by atoms with Crippen molar-refractivity contribution >= 4 is 10.8 Å². The molecule has 0 aromatic carbocycles. The van der Waals surface area contributed by atoms with E-state index in [1.807, 2.05) is 0 Å². The number of ether oxygens (including phenoxy) is 1. The summed E-state index contributed by atoms with van der Waals surface area (Å²) in [6.45, 7) is 3.72. The average molecular weight is 237 g/mol. The number of hydrogen-bond donors (Lipinski definition) is 2. The van der Waals surface area contributed by atoms with E-state index in [1.165, 1.54) is 0 Å². The minimum absolute atomic E-state index is 0.167. The summed E-state index contributed by atoms with van der Waals surface area (Å²) in [6, 6.07) is 0. The third-order valence-electron chi connectivity index (χ3n) is 2.33. The second-order valence-electron chi connectivity index (χ2n) is 3.60. The fourth-order valence-electron chi connectivity index (χ4n) is 1.41. The number of rotatable bonds is 6. The zero-order valence-corrected chi connectivity index (χ0v) is 9.62. The normalized spacial score (nSPS) is 22.5. The molecule has 5 nitrogen and oxygen atoms in total. The highest BCUT2D eigenvalue weighted by Gasteiger charge is 2.13. The van der Waals surface area contributed by atoms with E-state index in [9.17, 15) is 4.21 Å². The van der Waals surface area contributed by atoms with Crippen LogP contribution in [0.25, 0.3) is 0 Å². The molecule has 0 spiro atoms. The van der Waals surface area contributed by atoms with E-state index in [2.05, 4.69) is 4.90 Å². The van der Waals surface area contributed by atoms with E-state index in [0.29, 0.717) is 5.75 Å². The maximum atomic E-state index is 11.4. The SMILES string of the molecule is O=S(CCN1CCOCC1)CC(O)CO. The molecule has 0 aromatic heterocycles. The number of aliphatic hydroxyl groups excluding tert-OH is 2. The Morgan fingerprint density at radius 3 is 2.67 bits per heavy atom. The minimum atomic E-state index is -1.04. The Labute approximate surface area is 92.5 Å². The first-order chi connectivity index (χ1) is 7.22. The van der Waals surface area contributed by atoms with Gasteiger partial charge in [0.25, 0.3) is 0 Å². The van der Waals surface area contributed by atoms with Crippen LogP contribution in [-0.4, -0.2) is 76.4 Å². The van der Waals surface area contributed by atoms with Crippen LogP contribution in [0.4, 0.5) is 0 Å².